The van der Waals surface area contributed by atoms with Crippen LogP contribution in [0, 0.1) is 0 Å². The summed E-state index contributed by atoms with van der Waals surface area (Å²) in [5.74, 6) is 0.687. The van der Waals surface area contributed by atoms with Crippen LogP contribution in [0.15, 0.2) is 18.2 Å². The van der Waals surface area contributed by atoms with E-state index in [2.05, 4.69) is 51.2 Å². The number of ether oxygens (including phenoxy) is 1. The molecule has 1 atom stereocenters. The van der Waals surface area contributed by atoms with Gasteiger partial charge in [0.05, 0.1) is 19.3 Å². The molecule has 0 unspecified atom stereocenters. The van der Waals surface area contributed by atoms with Crippen LogP contribution in [-0.2, 0) is 4.74 Å². The maximum absolute atomic E-state index is 12.8. The molecule has 5 nitrogen and oxygen atoms in total. The number of carbonyl (C=O) groups excluding carboxylic acids is 1. The third-order valence-corrected chi connectivity index (χ3v) is 4.72. The molecule has 1 aromatic rings. The Kier molecular flexibility index (Phi) is 7.26. The Hall–Kier alpha value is -1.59. The minimum atomic E-state index is -0.0627. The van der Waals surface area contributed by atoms with Crippen LogP contribution in [-0.4, -0.2) is 48.4 Å². The first kappa shape index (κ1) is 19.7. The number of para-hydroxylation sites is 1. The molecule has 1 aromatic carbocycles. The molecule has 0 aromatic heterocycles. The number of likely N-dealkylation sites (tertiary alicyclic amines) is 1. The number of amides is 2. The van der Waals surface area contributed by atoms with Gasteiger partial charge in [-0.25, -0.2) is 4.79 Å². The number of hydrogen-bond acceptors (Lipinski definition) is 3. The van der Waals surface area contributed by atoms with E-state index in [-0.39, 0.29) is 18.7 Å². The molecule has 0 saturated carbocycles. The number of nitrogens with zero attached hydrogens (tertiary/aromatic N) is 1. The van der Waals surface area contributed by atoms with E-state index in [0.717, 1.165) is 25.1 Å². The number of urea groups is 1. The van der Waals surface area contributed by atoms with Gasteiger partial charge in [-0.05, 0) is 35.8 Å². The van der Waals surface area contributed by atoms with Gasteiger partial charge in [-0.1, -0.05) is 45.9 Å². The number of aliphatic hydroxyl groups excluding tert-OH is 1. The predicted molar refractivity (Wildman–Crippen MR) is 101 cm³/mol. The predicted octanol–water partition coefficient (Wildman–Crippen LogP) is 3.94. The third-order valence-electron chi connectivity index (χ3n) is 4.72. The molecule has 1 fully saturated rings. The molecule has 0 spiro atoms. The number of nitrogens with one attached hydrogen (secondary N) is 1. The molecule has 140 valence electrons. The molecule has 0 radical (unpaired) electrons. The van der Waals surface area contributed by atoms with Crippen molar-refractivity contribution in [2.45, 2.75) is 58.5 Å². The number of anilines is 1. The highest BCUT2D eigenvalue weighted by atomic mass is 16.5. The number of hydrogen-bond donors (Lipinski definition) is 2. The zero-order chi connectivity index (χ0) is 18.4. The molecule has 2 rings (SSSR count). The van der Waals surface area contributed by atoms with Gasteiger partial charge in [0.25, 0.3) is 0 Å². The standard InChI is InChI=1S/C20H32N2O3/c1-14(2)17-8-5-9-18(15(3)4)19(17)21-20(24)22-10-6-7-16(13-22)25-12-11-23/h5,8-9,14-16,23H,6-7,10-13H2,1-4H3,(H,21,24)/t16-/m0/s1. The van der Waals surface area contributed by atoms with E-state index in [1.54, 1.807) is 0 Å². The minimum absolute atomic E-state index is 0.0107. The van der Waals surface area contributed by atoms with Crippen molar-refractivity contribution in [3.8, 4) is 0 Å². The van der Waals surface area contributed by atoms with Gasteiger partial charge in [-0.3, -0.25) is 0 Å². The first-order valence-corrected chi connectivity index (χ1v) is 9.35. The van der Waals surface area contributed by atoms with Gasteiger partial charge in [-0.15, -0.1) is 0 Å². The normalized spacial score (nSPS) is 18.0. The fourth-order valence-electron chi connectivity index (χ4n) is 3.36. The molecular formula is C20H32N2O3. The third kappa shape index (κ3) is 5.19. The second-order valence-corrected chi connectivity index (χ2v) is 7.36. The molecule has 25 heavy (non-hydrogen) atoms. The van der Waals surface area contributed by atoms with Crippen LogP contribution in [0.1, 0.15) is 63.5 Å². The van der Waals surface area contributed by atoms with E-state index in [4.69, 9.17) is 9.84 Å². The van der Waals surface area contributed by atoms with Crippen LogP contribution in [0.3, 0.4) is 0 Å². The van der Waals surface area contributed by atoms with E-state index in [9.17, 15) is 4.79 Å². The van der Waals surface area contributed by atoms with Crippen molar-refractivity contribution in [1.82, 2.24) is 4.90 Å². The summed E-state index contributed by atoms with van der Waals surface area (Å²) in [5, 5.41) is 12.1. The summed E-state index contributed by atoms with van der Waals surface area (Å²) in [6.07, 6.45) is 1.87. The second-order valence-electron chi connectivity index (χ2n) is 7.36. The second kappa shape index (κ2) is 9.20. The number of carbonyl (C=O) groups is 1. The summed E-state index contributed by atoms with van der Waals surface area (Å²) >= 11 is 0. The Morgan fingerprint density at radius 1 is 1.28 bits per heavy atom. The van der Waals surface area contributed by atoms with Crippen molar-refractivity contribution in [1.29, 1.82) is 0 Å². The van der Waals surface area contributed by atoms with Crippen LogP contribution in [0.4, 0.5) is 10.5 Å². The highest BCUT2D eigenvalue weighted by Crippen LogP contribution is 2.32. The Morgan fingerprint density at radius 3 is 2.48 bits per heavy atom. The number of benzene rings is 1. The smallest absolute Gasteiger partial charge is 0.321 e. The van der Waals surface area contributed by atoms with Gasteiger partial charge < -0.3 is 20.1 Å². The highest BCUT2D eigenvalue weighted by Gasteiger charge is 2.25. The molecule has 1 aliphatic heterocycles. The van der Waals surface area contributed by atoms with E-state index < -0.39 is 0 Å². The summed E-state index contributed by atoms with van der Waals surface area (Å²) < 4.78 is 5.61. The van der Waals surface area contributed by atoms with Crippen LogP contribution < -0.4 is 5.32 Å². The van der Waals surface area contributed by atoms with Crippen molar-refractivity contribution in [3.63, 3.8) is 0 Å². The minimum Gasteiger partial charge on any atom is -0.394 e. The topological polar surface area (TPSA) is 61.8 Å². The van der Waals surface area contributed by atoms with E-state index in [1.165, 1.54) is 11.1 Å². The molecule has 0 bridgehead atoms. The molecule has 5 heteroatoms. The number of aliphatic hydroxyl groups is 1. The van der Waals surface area contributed by atoms with Gasteiger partial charge in [0.15, 0.2) is 0 Å². The average molecular weight is 348 g/mol. The molecule has 2 N–H and O–H groups in total. The lowest BCUT2D eigenvalue weighted by atomic mass is 9.92. The zero-order valence-corrected chi connectivity index (χ0v) is 15.9. The SMILES string of the molecule is CC(C)c1cccc(C(C)C)c1NC(=O)N1CCC[C@H](OCCO)C1. The zero-order valence-electron chi connectivity index (χ0n) is 15.9. The maximum Gasteiger partial charge on any atom is 0.321 e. The Morgan fingerprint density at radius 2 is 1.92 bits per heavy atom. The monoisotopic (exact) mass is 348 g/mol. The molecule has 2 amide bonds. The summed E-state index contributed by atoms with van der Waals surface area (Å²) in [6.45, 7) is 10.3. The number of rotatable bonds is 6. The summed E-state index contributed by atoms with van der Waals surface area (Å²) in [6, 6.07) is 6.19. The summed E-state index contributed by atoms with van der Waals surface area (Å²) in [5.41, 5.74) is 3.30. The van der Waals surface area contributed by atoms with Crippen LogP contribution in [0.2, 0.25) is 0 Å². The molecule has 0 aliphatic carbocycles. The molecule has 1 aliphatic rings. The van der Waals surface area contributed by atoms with Gasteiger partial charge >= 0.3 is 6.03 Å². The lowest BCUT2D eigenvalue weighted by Gasteiger charge is -2.33. The molecular weight excluding hydrogens is 316 g/mol. The van der Waals surface area contributed by atoms with Crippen molar-refractivity contribution in [2.75, 3.05) is 31.6 Å². The lowest BCUT2D eigenvalue weighted by Crippen LogP contribution is -2.45. The fourth-order valence-corrected chi connectivity index (χ4v) is 3.36. The first-order valence-electron chi connectivity index (χ1n) is 9.35. The Bertz CT molecular complexity index is 546. The largest absolute Gasteiger partial charge is 0.394 e. The van der Waals surface area contributed by atoms with Gasteiger partial charge in [0, 0.05) is 18.8 Å². The van der Waals surface area contributed by atoms with Gasteiger partial charge in [0.2, 0.25) is 0 Å². The van der Waals surface area contributed by atoms with Crippen LogP contribution in [0.25, 0.3) is 0 Å². The Labute approximate surface area is 151 Å². The van der Waals surface area contributed by atoms with E-state index >= 15 is 0 Å². The van der Waals surface area contributed by atoms with Crippen molar-refractivity contribution >= 4 is 11.7 Å². The fraction of sp³-hybridized carbons (Fsp3) is 0.650. The summed E-state index contributed by atoms with van der Waals surface area (Å²) in [4.78, 5) is 14.7. The van der Waals surface area contributed by atoms with Gasteiger partial charge in [0.1, 0.15) is 0 Å². The Balaban J connectivity index is 2.14. The quantitative estimate of drug-likeness (QED) is 0.818. The number of piperidine rings is 1. The van der Waals surface area contributed by atoms with Crippen LogP contribution >= 0.6 is 0 Å². The average Bonchev–Trinajstić information content (AvgIpc) is 2.59. The molecule has 1 heterocycles. The first-order chi connectivity index (χ1) is 11.9. The van der Waals surface area contributed by atoms with Crippen molar-refractivity contribution in [3.05, 3.63) is 29.3 Å². The van der Waals surface area contributed by atoms with Crippen LogP contribution in [0.5, 0.6) is 0 Å². The molecule has 1 saturated heterocycles. The van der Waals surface area contributed by atoms with Crippen molar-refractivity contribution < 1.29 is 14.6 Å². The highest BCUT2D eigenvalue weighted by molar-refractivity contribution is 5.91. The van der Waals surface area contributed by atoms with E-state index in [0.29, 0.717) is 25.0 Å². The van der Waals surface area contributed by atoms with E-state index in [1.807, 2.05) is 4.90 Å². The lowest BCUT2D eigenvalue weighted by molar-refractivity contribution is -0.00462. The van der Waals surface area contributed by atoms with Crippen molar-refractivity contribution in [2.24, 2.45) is 0 Å². The maximum atomic E-state index is 12.8. The summed E-state index contributed by atoms with van der Waals surface area (Å²) in [7, 11) is 0. The van der Waals surface area contributed by atoms with Gasteiger partial charge in [-0.2, -0.15) is 0 Å².